The van der Waals surface area contributed by atoms with Gasteiger partial charge in [0.15, 0.2) is 0 Å². The lowest BCUT2D eigenvalue weighted by Gasteiger charge is -2.14. The molecule has 0 unspecified atom stereocenters. The van der Waals surface area contributed by atoms with Gasteiger partial charge in [-0.15, -0.1) is 0 Å². The molecule has 0 atom stereocenters. The van der Waals surface area contributed by atoms with Gasteiger partial charge in [0.25, 0.3) is 5.91 Å². The molecule has 1 N–H and O–H groups in total. The molecule has 148 valence electrons. The molecule has 2 aromatic carbocycles. The van der Waals surface area contributed by atoms with Crippen molar-refractivity contribution in [3.05, 3.63) is 80.7 Å². The Bertz CT molecular complexity index is 1020. The second-order valence-electron chi connectivity index (χ2n) is 6.27. The number of hydrogen-bond donors (Lipinski definition) is 1. The van der Waals surface area contributed by atoms with Gasteiger partial charge in [0.05, 0.1) is 4.91 Å². The number of benzene rings is 2. The maximum Gasteiger partial charge on any atom is 0.266 e. The van der Waals surface area contributed by atoms with Crippen molar-refractivity contribution in [3.8, 4) is 0 Å². The summed E-state index contributed by atoms with van der Waals surface area (Å²) in [6.45, 7) is 1.72. The molecule has 0 aromatic heterocycles. The number of carbonyl (C=O) groups excluding carboxylic acids is 2. The van der Waals surface area contributed by atoms with E-state index in [1.807, 2.05) is 43.3 Å². The highest BCUT2D eigenvalue weighted by atomic mass is 35.5. The molecule has 1 heterocycles. The van der Waals surface area contributed by atoms with Gasteiger partial charge in [-0.05, 0) is 42.3 Å². The highest BCUT2D eigenvalue weighted by molar-refractivity contribution is 8.26. The Labute approximate surface area is 188 Å². The van der Waals surface area contributed by atoms with E-state index in [1.165, 1.54) is 16.7 Å². The fourth-order valence-electron chi connectivity index (χ4n) is 2.67. The lowest BCUT2D eigenvalue weighted by atomic mass is 10.1. The smallest absolute Gasteiger partial charge is 0.266 e. The predicted molar refractivity (Wildman–Crippen MR) is 125 cm³/mol. The fraction of sp³-hybridized carbons (Fsp3) is 0.0952. The van der Waals surface area contributed by atoms with Crippen LogP contribution in [0.15, 0.2) is 65.1 Å². The minimum absolute atomic E-state index is 0.187. The third kappa shape index (κ3) is 5.93. The third-order valence-electron chi connectivity index (χ3n) is 3.87. The van der Waals surface area contributed by atoms with Crippen LogP contribution < -0.4 is 5.32 Å². The van der Waals surface area contributed by atoms with Crippen LogP contribution in [0.3, 0.4) is 0 Å². The van der Waals surface area contributed by atoms with Crippen molar-refractivity contribution in [2.75, 3.05) is 11.9 Å². The van der Waals surface area contributed by atoms with Crippen molar-refractivity contribution >= 4 is 75.1 Å². The van der Waals surface area contributed by atoms with E-state index in [0.717, 1.165) is 11.1 Å². The predicted octanol–water partition coefficient (Wildman–Crippen LogP) is 5.78. The van der Waals surface area contributed by atoms with Crippen LogP contribution in [0.4, 0.5) is 5.69 Å². The first kappa shape index (κ1) is 21.6. The SMILES string of the molecule is CC(=Cc1ccccc1)C=C1SC(=S)N(CC(=O)Nc2cc(Cl)cc(Cl)c2)C1=O. The van der Waals surface area contributed by atoms with E-state index in [1.54, 1.807) is 24.3 Å². The third-order valence-corrected chi connectivity index (χ3v) is 5.69. The molecule has 1 aliphatic rings. The maximum atomic E-state index is 12.7. The molecule has 1 fully saturated rings. The monoisotopic (exact) mass is 462 g/mol. The van der Waals surface area contributed by atoms with E-state index in [0.29, 0.717) is 25.0 Å². The van der Waals surface area contributed by atoms with Gasteiger partial charge in [-0.1, -0.05) is 83.6 Å². The van der Waals surface area contributed by atoms with E-state index >= 15 is 0 Å². The minimum Gasteiger partial charge on any atom is -0.324 e. The first-order valence-electron chi connectivity index (χ1n) is 8.56. The number of hydrogen-bond acceptors (Lipinski definition) is 4. The Hall–Kier alpha value is -2.12. The quantitative estimate of drug-likeness (QED) is 0.451. The zero-order valence-corrected chi connectivity index (χ0v) is 18.5. The van der Waals surface area contributed by atoms with Crippen molar-refractivity contribution in [2.45, 2.75) is 6.92 Å². The summed E-state index contributed by atoms with van der Waals surface area (Å²) in [6.07, 6.45) is 3.75. The molecule has 1 aliphatic heterocycles. The minimum atomic E-state index is -0.391. The molecule has 0 bridgehead atoms. The number of nitrogens with zero attached hydrogens (tertiary/aromatic N) is 1. The number of anilines is 1. The van der Waals surface area contributed by atoms with Crippen LogP contribution in [0.1, 0.15) is 12.5 Å². The van der Waals surface area contributed by atoms with Gasteiger partial charge in [-0.2, -0.15) is 0 Å². The Balaban J connectivity index is 1.68. The summed E-state index contributed by atoms with van der Waals surface area (Å²) in [7, 11) is 0. The number of rotatable bonds is 5. The second-order valence-corrected chi connectivity index (χ2v) is 8.82. The van der Waals surface area contributed by atoms with E-state index in [9.17, 15) is 9.59 Å². The molecule has 0 saturated carbocycles. The van der Waals surface area contributed by atoms with Crippen LogP contribution in [0, 0.1) is 0 Å². The Kier molecular flexibility index (Phi) is 7.14. The fourth-order valence-corrected chi connectivity index (χ4v) is 4.50. The van der Waals surface area contributed by atoms with Gasteiger partial charge in [0.2, 0.25) is 5.91 Å². The van der Waals surface area contributed by atoms with E-state index < -0.39 is 5.91 Å². The van der Waals surface area contributed by atoms with Crippen LogP contribution >= 0.6 is 47.2 Å². The molecular formula is C21H16Cl2N2O2S2. The van der Waals surface area contributed by atoms with Crippen molar-refractivity contribution in [1.82, 2.24) is 4.90 Å². The van der Waals surface area contributed by atoms with Crippen LogP contribution in [0.2, 0.25) is 10.0 Å². The van der Waals surface area contributed by atoms with Crippen molar-refractivity contribution < 1.29 is 9.59 Å². The maximum absolute atomic E-state index is 12.7. The standard InChI is InChI=1S/C21H16Cl2N2O2S2/c1-13(7-14-5-3-2-4-6-14)8-18-20(27)25(21(28)29-18)12-19(26)24-17-10-15(22)9-16(23)11-17/h2-11H,12H2,1H3,(H,24,26). The Morgan fingerprint density at radius 1 is 1.17 bits per heavy atom. The number of thioether (sulfide) groups is 1. The zero-order valence-electron chi connectivity index (χ0n) is 15.3. The number of carbonyl (C=O) groups is 2. The van der Waals surface area contributed by atoms with E-state index in [-0.39, 0.29) is 12.5 Å². The van der Waals surface area contributed by atoms with Gasteiger partial charge >= 0.3 is 0 Å². The number of amides is 2. The summed E-state index contributed by atoms with van der Waals surface area (Å²) in [5.41, 5.74) is 2.40. The summed E-state index contributed by atoms with van der Waals surface area (Å²) in [5, 5.41) is 3.49. The summed E-state index contributed by atoms with van der Waals surface area (Å²) in [6, 6.07) is 14.5. The molecule has 1 saturated heterocycles. The summed E-state index contributed by atoms with van der Waals surface area (Å²) in [4.78, 5) is 26.8. The average Bonchev–Trinajstić information content (AvgIpc) is 2.89. The summed E-state index contributed by atoms with van der Waals surface area (Å²) in [5.74, 6) is -0.683. The number of thiocarbonyl (C=S) groups is 1. The summed E-state index contributed by atoms with van der Waals surface area (Å²) < 4.78 is 0.341. The lowest BCUT2D eigenvalue weighted by molar-refractivity contribution is -0.126. The van der Waals surface area contributed by atoms with E-state index in [2.05, 4.69) is 5.32 Å². The number of halogens is 2. The first-order chi connectivity index (χ1) is 13.8. The Morgan fingerprint density at radius 3 is 2.48 bits per heavy atom. The van der Waals surface area contributed by atoms with Gasteiger partial charge in [-0.3, -0.25) is 14.5 Å². The average molecular weight is 463 g/mol. The lowest BCUT2D eigenvalue weighted by Crippen LogP contribution is -2.36. The van der Waals surface area contributed by atoms with Gasteiger partial charge in [0.1, 0.15) is 10.9 Å². The van der Waals surface area contributed by atoms with Crippen LogP contribution in [0.25, 0.3) is 6.08 Å². The van der Waals surface area contributed by atoms with Crippen molar-refractivity contribution in [1.29, 1.82) is 0 Å². The van der Waals surface area contributed by atoms with Crippen LogP contribution in [0.5, 0.6) is 0 Å². The highest BCUT2D eigenvalue weighted by Crippen LogP contribution is 2.32. The molecule has 2 amide bonds. The van der Waals surface area contributed by atoms with Crippen LogP contribution in [-0.2, 0) is 9.59 Å². The molecular weight excluding hydrogens is 447 g/mol. The normalized spacial score (nSPS) is 15.9. The molecule has 3 rings (SSSR count). The number of allylic oxidation sites excluding steroid dienone is 2. The molecule has 8 heteroatoms. The molecule has 0 radical (unpaired) electrons. The number of nitrogens with one attached hydrogen (secondary N) is 1. The highest BCUT2D eigenvalue weighted by Gasteiger charge is 2.33. The van der Waals surface area contributed by atoms with Gasteiger partial charge in [0, 0.05) is 15.7 Å². The zero-order chi connectivity index (χ0) is 21.0. The largest absolute Gasteiger partial charge is 0.324 e. The van der Waals surface area contributed by atoms with Crippen LogP contribution in [-0.4, -0.2) is 27.6 Å². The van der Waals surface area contributed by atoms with Crippen molar-refractivity contribution in [3.63, 3.8) is 0 Å². The molecule has 29 heavy (non-hydrogen) atoms. The first-order valence-corrected chi connectivity index (χ1v) is 10.5. The van der Waals surface area contributed by atoms with E-state index in [4.69, 9.17) is 35.4 Å². The Morgan fingerprint density at radius 2 is 1.83 bits per heavy atom. The second kappa shape index (κ2) is 9.59. The van der Waals surface area contributed by atoms with Gasteiger partial charge < -0.3 is 5.32 Å². The topological polar surface area (TPSA) is 49.4 Å². The molecule has 4 nitrogen and oxygen atoms in total. The molecule has 0 aliphatic carbocycles. The molecule has 0 spiro atoms. The summed E-state index contributed by atoms with van der Waals surface area (Å²) >= 11 is 18.3. The van der Waals surface area contributed by atoms with Crippen molar-refractivity contribution in [2.24, 2.45) is 0 Å². The van der Waals surface area contributed by atoms with Gasteiger partial charge in [-0.25, -0.2) is 0 Å². The molecule has 2 aromatic rings.